The van der Waals surface area contributed by atoms with Gasteiger partial charge in [0, 0.05) is 6.07 Å². The highest BCUT2D eigenvalue weighted by Crippen LogP contribution is 2.26. The van der Waals surface area contributed by atoms with E-state index in [0.717, 1.165) is 0 Å². The third-order valence-corrected chi connectivity index (χ3v) is 2.37. The quantitative estimate of drug-likeness (QED) is 0.467. The molecule has 0 amide bonds. The van der Waals surface area contributed by atoms with Crippen LogP contribution in [0.2, 0.25) is 0 Å². The van der Waals surface area contributed by atoms with Gasteiger partial charge in [-0.05, 0) is 50.1 Å². The summed E-state index contributed by atoms with van der Waals surface area (Å²) >= 11 is 6.24. The lowest BCUT2D eigenvalue weighted by Crippen LogP contribution is -2.02. The molecule has 0 unspecified atom stereocenters. The molecule has 0 N–H and O–H groups in total. The van der Waals surface area contributed by atoms with Gasteiger partial charge in [0.05, 0.1) is 26.6 Å². The Bertz CT molecular complexity index is 495. The van der Waals surface area contributed by atoms with Crippen LogP contribution in [-0.4, -0.2) is 18.0 Å². The van der Waals surface area contributed by atoms with Gasteiger partial charge in [-0.2, -0.15) is 0 Å². The molecule has 90 valence electrons. The van der Waals surface area contributed by atoms with Crippen LogP contribution in [-0.2, 0) is 4.74 Å². The van der Waals surface area contributed by atoms with Crippen LogP contribution in [0.4, 0.5) is 5.69 Å². The van der Waals surface area contributed by atoms with Crippen molar-refractivity contribution in [3.8, 4) is 0 Å². The highest BCUT2D eigenvalue weighted by molar-refractivity contribution is 9.28. The van der Waals surface area contributed by atoms with Crippen LogP contribution in [0.5, 0.6) is 0 Å². The second-order valence-corrected chi connectivity index (χ2v) is 5.73. The summed E-state index contributed by atoms with van der Waals surface area (Å²) in [7, 11) is 1.22. The lowest BCUT2D eigenvalue weighted by molar-refractivity contribution is -0.385. The molecule has 0 aliphatic heterocycles. The Hall–Kier alpha value is -1.21. The number of nitro benzene ring substituents is 1. The Kier molecular flexibility index (Phi) is 4.83. The smallest absolute Gasteiger partial charge is 0.338 e. The van der Waals surface area contributed by atoms with Crippen LogP contribution in [0.25, 0.3) is 6.08 Å². The summed E-state index contributed by atoms with van der Waals surface area (Å²) in [4.78, 5) is 21.5. The molecule has 17 heavy (non-hydrogen) atoms. The molecule has 0 atom stereocenters. The van der Waals surface area contributed by atoms with Crippen molar-refractivity contribution < 1.29 is 14.5 Å². The van der Waals surface area contributed by atoms with Gasteiger partial charge in [-0.15, -0.1) is 0 Å². The first-order valence-electron chi connectivity index (χ1n) is 4.35. The van der Waals surface area contributed by atoms with Gasteiger partial charge >= 0.3 is 5.97 Å². The fourth-order valence-corrected chi connectivity index (χ4v) is 1.68. The molecule has 0 fully saturated rings. The Morgan fingerprint density at radius 1 is 1.47 bits per heavy atom. The molecule has 0 radical (unpaired) electrons. The molecule has 0 heterocycles. The molecule has 1 rings (SSSR count). The van der Waals surface area contributed by atoms with E-state index in [1.165, 1.54) is 31.4 Å². The molecule has 0 saturated heterocycles. The molecule has 1 aromatic carbocycles. The first kappa shape index (κ1) is 13.9. The summed E-state index contributed by atoms with van der Waals surface area (Å²) < 4.78 is 5.06. The third-order valence-electron chi connectivity index (χ3n) is 1.91. The number of halogens is 2. The zero-order valence-electron chi connectivity index (χ0n) is 8.65. The van der Waals surface area contributed by atoms with Gasteiger partial charge < -0.3 is 4.74 Å². The van der Waals surface area contributed by atoms with Crippen molar-refractivity contribution in [3.05, 3.63) is 42.8 Å². The number of nitro groups is 1. The highest BCUT2D eigenvalue weighted by Gasteiger charge is 2.16. The van der Waals surface area contributed by atoms with Gasteiger partial charge in [0.1, 0.15) is 0 Å². The predicted molar refractivity (Wildman–Crippen MR) is 70.3 cm³/mol. The maximum Gasteiger partial charge on any atom is 0.338 e. The molecular weight excluding hydrogens is 358 g/mol. The van der Waals surface area contributed by atoms with E-state index in [9.17, 15) is 14.9 Å². The Morgan fingerprint density at radius 3 is 2.59 bits per heavy atom. The minimum Gasteiger partial charge on any atom is -0.465 e. The number of hydrogen-bond acceptors (Lipinski definition) is 4. The van der Waals surface area contributed by atoms with E-state index in [-0.39, 0.29) is 11.3 Å². The van der Waals surface area contributed by atoms with Crippen molar-refractivity contribution in [1.29, 1.82) is 0 Å². The molecular formula is C10H7Br2NO4. The standard InChI is InChI=1S/C10H7Br2NO4/c1-17-10(14)7-3-2-6(5-9(11)12)8(4-7)13(15)16/h2-5H,1H3. The van der Waals surface area contributed by atoms with Crippen LogP contribution in [0.3, 0.4) is 0 Å². The van der Waals surface area contributed by atoms with Crippen molar-refractivity contribution in [3.63, 3.8) is 0 Å². The maximum absolute atomic E-state index is 11.2. The summed E-state index contributed by atoms with van der Waals surface area (Å²) in [6.07, 6.45) is 1.53. The first-order chi connectivity index (χ1) is 7.95. The molecule has 1 aromatic rings. The topological polar surface area (TPSA) is 69.4 Å². The second-order valence-electron chi connectivity index (χ2n) is 2.96. The van der Waals surface area contributed by atoms with Gasteiger partial charge in [-0.1, -0.05) is 0 Å². The van der Waals surface area contributed by atoms with E-state index in [1.807, 2.05) is 0 Å². The van der Waals surface area contributed by atoms with Crippen LogP contribution >= 0.6 is 31.9 Å². The Labute approximate surface area is 114 Å². The monoisotopic (exact) mass is 363 g/mol. The number of methoxy groups -OCH3 is 1. The average molecular weight is 365 g/mol. The summed E-state index contributed by atoms with van der Waals surface area (Å²) in [6, 6.07) is 4.13. The van der Waals surface area contributed by atoms with E-state index in [1.54, 1.807) is 0 Å². The zero-order chi connectivity index (χ0) is 13.0. The van der Waals surface area contributed by atoms with Crippen molar-refractivity contribution in [1.82, 2.24) is 0 Å². The minimum absolute atomic E-state index is 0.141. The number of hydrogen-bond donors (Lipinski definition) is 0. The minimum atomic E-state index is -0.610. The van der Waals surface area contributed by atoms with Crippen LogP contribution in [0.1, 0.15) is 15.9 Å². The lowest BCUT2D eigenvalue weighted by atomic mass is 10.1. The van der Waals surface area contributed by atoms with Crippen LogP contribution < -0.4 is 0 Å². The first-order valence-corrected chi connectivity index (χ1v) is 5.93. The maximum atomic E-state index is 11.2. The molecule has 0 saturated carbocycles. The summed E-state index contributed by atoms with van der Waals surface area (Å²) in [6.45, 7) is 0. The van der Waals surface area contributed by atoms with Crippen molar-refractivity contribution in [2.75, 3.05) is 7.11 Å². The zero-order valence-corrected chi connectivity index (χ0v) is 11.8. The third kappa shape index (κ3) is 3.64. The number of nitrogens with zero attached hydrogens (tertiary/aromatic N) is 1. The number of ether oxygens (including phenoxy) is 1. The number of rotatable bonds is 3. The van der Waals surface area contributed by atoms with Gasteiger partial charge in [0.2, 0.25) is 0 Å². The number of esters is 1. The van der Waals surface area contributed by atoms with Crippen LogP contribution in [0, 0.1) is 10.1 Å². The van der Waals surface area contributed by atoms with E-state index in [2.05, 4.69) is 36.6 Å². The van der Waals surface area contributed by atoms with Crippen molar-refractivity contribution in [2.45, 2.75) is 0 Å². The fraction of sp³-hybridized carbons (Fsp3) is 0.100. The Morgan fingerprint density at radius 2 is 2.12 bits per heavy atom. The van der Waals surface area contributed by atoms with Gasteiger partial charge in [0.25, 0.3) is 5.69 Å². The predicted octanol–water partition coefficient (Wildman–Crippen LogP) is 3.47. The normalized spacial score (nSPS) is 9.59. The van der Waals surface area contributed by atoms with Crippen molar-refractivity contribution >= 4 is 49.6 Å². The fourth-order valence-electron chi connectivity index (χ4n) is 1.19. The second kappa shape index (κ2) is 5.92. The van der Waals surface area contributed by atoms with E-state index < -0.39 is 10.9 Å². The summed E-state index contributed by atoms with van der Waals surface area (Å²) in [5, 5.41) is 10.9. The lowest BCUT2D eigenvalue weighted by Gasteiger charge is -2.01. The molecule has 0 aliphatic carbocycles. The van der Waals surface area contributed by atoms with E-state index >= 15 is 0 Å². The van der Waals surface area contributed by atoms with E-state index in [4.69, 9.17) is 0 Å². The SMILES string of the molecule is COC(=O)c1ccc(C=C(Br)Br)c([N+](=O)[O-])c1. The van der Waals surface area contributed by atoms with Gasteiger partial charge in [-0.25, -0.2) is 4.79 Å². The average Bonchev–Trinajstić information content (AvgIpc) is 2.27. The summed E-state index contributed by atoms with van der Waals surface area (Å²) in [5.41, 5.74) is 0.359. The number of benzene rings is 1. The molecule has 0 aromatic heterocycles. The highest BCUT2D eigenvalue weighted by atomic mass is 79.9. The molecule has 5 nitrogen and oxygen atoms in total. The largest absolute Gasteiger partial charge is 0.465 e. The molecule has 0 bridgehead atoms. The molecule has 7 heteroatoms. The van der Waals surface area contributed by atoms with Gasteiger partial charge in [-0.3, -0.25) is 10.1 Å². The summed E-state index contributed by atoms with van der Waals surface area (Å²) in [5.74, 6) is -0.610. The molecule has 0 spiro atoms. The Balaban J connectivity index is 3.32. The van der Waals surface area contributed by atoms with E-state index in [0.29, 0.717) is 8.96 Å². The van der Waals surface area contributed by atoms with Gasteiger partial charge in [0.15, 0.2) is 0 Å². The number of carbonyl (C=O) groups is 1. The molecule has 0 aliphatic rings. The number of carbonyl (C=O) groups excluding carboxylic acids is 1. The van der Waals surface area contributed by atoms with Crippen LogP contribution in [0.15, 0.2) is 21.6 Å². The van der Waals surface area contributed by atoms with Crippen molar-refractivity contribution in [2.24, 2.45) is 0 Å².